The molecule has 106 valence electrons. The summed E-state index contributed by atoms with van der Waals surface area (Å²) in [6.45, 7) is 7.23. The van der Waals surface area contributed by atoms with E-state index in [1.54, 1.807) is 0 Å². The molecule has 0 amide bonds. The molecule has 1 aliphatic rings. The maximum atomic E-state index is 6.00. The van der Waals surface area contributed by atoms with Crippen LogP contribution in [0.25, 0.3) is 0 Å². The number of hydrogen-bond donors (Lipinski definition) is 0. The molecule has 0 spiro atoms. The van der Waals surface area contributed by atoms with Gasteiger partial charge in [0.15, 0.2) is 0 Å². The molecule has 0 heterocycles. The SMILES string of the molecule is CCOC1C(Br)CC1Oc1ccc(C(C)CC)cc1. The second kappa shape index (κ2) is 6.76. The molecule has 0 aliphatic heterocycles. The Kier molecular flexibility index (Phi) is 5.28. The third-order valence-corrected chi connectivity index (χ3v) is 4.78. The third-order valence-electron chi connectivity index (χ3n) is 3.89. The van der Waals surface area contributed by atoms with Gasteiger partial charge in [0.1, 0.15) is 18.0 Å². The van der Waals surface area contributed by atoms with E-state index in [4.69, 9.17) is 9.47 Å². The minimum atomic E-state index is 0.179. The van der Waals surface area contributed by atoms with Crippen LogP contribution in [0.4, 0.5) is 0 Å². The molecule has 0 N–H and O–H groups in total. The Morgan fingerprint density at radius 2 is 1.95 bits per heavy atom. The van der Waals surface area contributed by atoms with E-state index >= 15 is 0 Å². The Morgan fingerprint density at radius 1 is 1.26 bits per heavy atom. The molecule has 0 saturated heterocycles. The highest BCUT2D eigenvalue weighted by Gasteiger charge is 2.42. The average Bonchev–Trinajstić information content (AvgIpc) is 2.44. The van der Waals surface area contributed by atoms with Crippen molar-refractivity contribution in [3.8, 4) is 5.75 Å². The van der Waals surface area contributed by atoms with E-state index < -0.39 is 0 Å². The highest BCUT2D eigenvalue weighted by molar-refractivity contribution is 9.09. The van der Waals surface area contributed by atoms with Gasteiger partial charge in [0.05, 0.1) is 0 Å². The molecule has 1 saturated carbocycles. The lowest BCUT2D eigenvalue weighted by Crippen LogP contribution is -2.52. The Labute approximate surface area is 124 Å². The number of alkyl halides is 1. The Bertz CT molecular complexity index is 390. The zero-order chi connectivity index (χ0) is 13.8. The predicted octanol–water partition coefficient (Wildman–Crippen LogP) is 4.52. The zero-order valence-electron chi connectivity index (χ0n) is 11.9. The van der Waals surface area contributed by atoms with Gasteiger partial charge >= 0.3 is 0 Å². The van der Waals surface area contributed by atoms with Crippen molar-refractivity contribution in [2.24, 2.45) is 0 Å². The second-order valence-corrected chi connectivity index (χ2v) is 6.38. The molecule has 0 radical (unpaired) electrons. The van der Waals surface area contributed by atoms with Gasteiger partial charge in [-0.25, -0.2) is 0 Å². The Balaban J connectivity index is 1.93. The first-order valence-corrected chi connectivity index (χ1v) is 8.09. The quantitative estimate of drug-likeness (QED) is 0.715. The summed E-state index contributed by atoms with van der Waals surface area (Å²) < 4.78 is 11.7. The van der Waals surface area contributed by atoms with Crippen LogP contribution < -0.4 is 4.74 Å². The smallest absolute Gasteiger partial charge is 0.127 e. The van der Waals surface area contributed by atoms with Crippen LogP contribution in [0.1, 0.15) is 45.1 Å². The average molecular weight is 327 g/mol. The summed E-state index contributed by atoms with van der Waals surface area (Å²) in [7, 11) is 0. The van der Waals surface area contributed by atoms with Gasteiger partial charge in [-0.05, 0) is 37.0 Å². The van der Waals surface area contributed by atoms with Crippen LogP contribution in [0, 0.1) is 0 Å². The maximum Gasteiger partial charge on any atom is 0.127 e. The van der Waals surface area contributed by atoms with Gasteiger partial charge in [-0.2, -0.15) is 0 Å². The van der Waals surface area contributed by atoms with Crippen molar-refractivity contribution < 1.29 is 9.47 Å². The van der Waals surface area contributed by atoms with E-state index in [1.807, 2.05) is 6.92 Å². The molecular formula is C16H23BrO2. The van der Waals surface area contributed by atoms with E-state index in [2.05, 4.69) is 54.0 Å². The largest absolute Gasteiger partial charge is 0.488 e. The number of ether oxygens (including phenoxy) is 2. The lowest BCUT2D eigenvalue weighted by atomic mass is 9.91. The number of rotatable bonds is 6. The van der Waals surface area contributed by atoms with E-state index in [0.29, 0.717) is 10.7 Å². The summed E-state index contributed by atoms with van der Waals surface area (Å²) in [6.07, 6.45) is 2.54. The van der Waals surface area contributed by atoms with E-state index in [-0.39, 0.29) is 12.2 Å². The van der Waals surface area contributed by atoms with Crippen molar-refractivity contribution in [3.05, 3.63) is 29.8 Å². The van der Waals surface area contributed by atoms with Gasteiger partial charge in [0, 0.05) is 17.9 Å². The number of halogens is 1. The summed E-state index contributed by atoms with van der Waals surface area (Å²) in [5.41, 5.74) is 1.38. The van der Waals surface area contributed by atoms with Crippen molar-refractivity contribution in [2.75, 3.05) is 6.61 Å². The fourth-order valence-corrected chi connectivity index (χ4v) is 3.19. The minimum Gasteiger partial charge on any atom is -0.488 e. The summed E-state index contributed by atoms with van der Waals surface area (Å²) in [5, 5.41) is 0. The van der Waals surface area contributed by atoms with Crippen molar-refractivity contribution in [1.29, 1.82) is 0 Å². The molecule has 19 heavy (non-hydrogen) atoms. The molecule has 1 aromatic rings. The summed E-state index contributed by atoms with van der Waals surface area (Å²) in [6, 6.07) is 8.49. The van der Waals surface area contributed by atoms with Gasteiger partial charge in [0.25, 0.3) is 0 Å². The molecule has 1 aliphatic carbocycles. The van der Waals surface area contributed by atoms with Crippen molar-refractivity contribution in [1.82, 2.24) is 0 Å². The van der Waals surface area contributed by atoms with Crippen LogP contribution in [0.2, 0.25) is 0 Å². The monoisotopic (exact) mass is 326 g/mol. The van der Waals surface area contributed by atoms with Crippen LogP contribution in [-0.2, 0) is 4.74 Å². The maximum absolute atomic E-state index is 6.00. The molecule has 3 heteroatoms. The van der Waals surface area contributed by atoms with Gasteiger partial charge in [0.2, 0.25) is 0 Å². The van der Waals surface area contributed by atoms with Gasteiger partial charge in [-0.15, -0.1) is 0 Å². The highest BCUT2D eigenvalue weighted by Crippen LogP contribution is 2.34. The topological polar surface area (TPSA) is 18.5 Å². The first kappa shape index (κ1) is 14.9. The lowest BCUT2D eigenvalue weighted by molar-refractivity contribution is -0.0723. The van der Waals surface area contributed by atoms with E-state index in [1.165, 1.54) is 12.0 Å². The zero-order valence-corrected chi connectivity index (χ0v) is 13.5. The Morgan fingerprint density at radius 3 is 2.47 bits per heavy atom. The van der Waals surface area contributed by atoms with Crippen LogP contribution in [-0.4, -0.2) is 23.6 Å². The standard InChI is InChI=1S/C16H23BrO2/c1-4-11(3)12-6-8-13(9-7-12)19-15-10-14(17)16(15)18-5-2/h6-9,11,14-16H,4-5,10H2,1-3H3. The van der Waals surface area contributed by atoms with Crippen molar-refractivity contribution >= 4 is 15.9 Å². The number of benzene rings is 1. The van der Waals surface area contributed by atoms with Crippen molar-refractivity contribution in [2.45, 2.75) is 56.6 Å². The highest BCUT2D eigenvalue weighted by atomic mass is 79.9. The van der Waals surface area contributed by atoms with Crippen LogP contribution >= 0.6 is 15.9 Å². The molecule has 2 nitrogen and oxygen atoms in total. The van der Waals surface area contributed by atoms with Crippen molar-refractivity contribution in [3.63, 3.8) is 0 Å². The van der Waals surface area contributed by atoms with E-state index in [0.717, 1.165) is 18.8 Å². The fourth-order valence-electron chi connectivity index (χ4n) is 2.33. The second-order valence-electron chi connectivity index (χ2n) is 5.21. The molecule has 0 aromatic heterocycles. The lowest BCUT2D eigenvalue weighted by Gasteiger charge is -2.40. The van der Waals surface area contributed by atoms with Crippen LogP contribution in [0.3, 0.4) is 0 Å². The van der Waals surface area contributed by atoms with Gasteiger partial charge in [-0.1, -0.05) is 41.9 Å². The third kappa shape index (κ3) is 3.51. The molecule has 1 fully saturated rings. The summed E-state index contributed by atoms with van der Waals surface area (Å²) in [4.78, 5) is 0.428. The van der Waals surface area contributed by atoms with Crippen LogP contribution in [0.15, 0.2) is 24.3 Å². The fraction of sp³-hybridized carbons (Fsp3) is 0.625. The first-order chi connectivity index (χ1) is 9.15. The Hall–Kier alpha value is -0.540. The number of hydrogen-bond acceptors (Lipinski definition) is 2. The molecule has 1 aromatic carbocycles. The predicted molar refractivity (Wildman–Crippen MR) is 82.3 cm³/mol. The minimum absolute atomic E-state index is 0.179. The summed E-state index contributed by atoms with van der Waals surface area (Å²) >= 11 is 3.62. The van der Waals surface area contributed by atoms with Crippen LogP contribution in [0.5, 0.6) is 5.75 Å². The molecule has 0 bridgehead atoms. The van der Waals surface area contributed by atoms with E-state index in [9.17, 15) is 0 Å². The molecular weight excluding hydrogens is 304 g/mol. The molecule has 4 unspecified atom stereocenters. The van der Waals surface area contributed by atoms with Gasteiger partial charge < -0.3 is 9.47 Å². The summed E-state index contributed by atoms with van der Waals surface area (Å²) in [5.74, 6) is 1.56. The first-order valence-electron chi connectivity index (χ1n) is 7.18. The normalized spacial score (nSPS) is 27.7. The molecule has 4 atom stereocenters. The van der Waals surface area contributed by atoms with Gasteiger partial charge in [-0.3, -0.25) is 0 Å². The molecule has 2 rings (SSSR count).